The van der Waals surface area contributed by atoms with Crippen LogP contribution in [-0.4, -0.2) is 59.9 Å². The Hall–Kier alpha value is -2.71. The molecule has 2 heterocycles. The molecule has 4 rings (SSSR count). The SMILES string of the molecule is COc1ccc(F)cc1/C(O)=C1\C(=O)C(=O)N(CCN2CCCC2)C1c1cccc(Br)c1. The number of Topliss-reactive ketones (excluding diaryl/α,β-unsaturated/α-hetero) is 1. The van der Waals surface area contributed by atoms with Gasteiger partial charge in [0.25, 0.3) is 11.7 Å². The number of aliphatic hydroxyl groups excluding tert-OH is 1. The quantitative estimate of drug-likeness (QED) is 0.365. The van der Waals surface area contributed by atoms with Crippen LogP contribution in [0.15, 0.2) is 52.5 Å². The first-order valence-corrected chi connectivity index (χ1v) is 11.3. The van der Waals surface area contributed by atoms with Gasteiger partial charge in [-0.2, -0.15) is 0 Å². The van der Waals surface area contributed by atoms with Crippen LogP contribution in [0.3, 0.4) is 0 Å². The highest BCUT2D eigenvalue weighted by molar-refractivity contribution is 9.10. The molecule has 1 amide bonds. The van der Waals surface area contributed by atoms with E-state index in [-0.39, 0.29) is 16.9 Å². The Bertz CT molecular complexity index is 1080. The Balaban J connectivity index is 1.82. The van der Waals surface area contributed by atoms with Crippen molar-refractivity contribution in [3.63, 3.8) is 0 Å². The third-order valence-electron chi connectivity index (χ3n) is 5.98. The number of carbonyl (C=O) groups is 2. The first-order chi connectivity index (χ1) is 15.4. The van der Waals surface area contributed by atoms with Gasteiger partial charge in [0.2, 0.25) is 0 Å². The smallest absolute Gasteiger partial charge is 0.295 e. The van der Waals surface area contributed by atoms with E-state index in [0.29, 0.717) is 18.7 Å². The zero-order valence-corrected chi connectivity index (χ0v) is 19.3. The molecule has 0 spiro atoms. The number of hydrogen-bond acceptors (Lipinski definition) is 5. The summed E-state index contributed by atoms with van der Waals surface area (Å²) >= 11 is 3.44. The molecule has 1 atom stereocenters. The van der Waals surface area contributed by atoms with Crippen molar-refractivity contribution in [1.29, 1.82) is 0 Å². The van der Waals surface area contributed by atoms with E-state index in [4.69, 9.17) is 4.74 Å². The molecule has 0 aromatic heterocycles. The van der Waals surface area contributed by atoms with E-state index >= 15 is 0 Å². The van der Waals surface area contributed by atoms with E-state index in [2.05, 4.69) is 20.8 Å². The van der Waals surface area contributed by atoms with Crippen LogP contribution in [-0.2, 0) is 9.59 Å². The van der Waals surface area contributed by atoms with Crippen molar-refractivity contribution >= 4 is 33.4 Å². The van der Waals surface area contributed by atoms with Crippen molar-refractivity contribution in [3.05, 3.63) is 69.5 Å². The highest BCUT2D eigenvalue weighted by Crippen LogP contribution is 2.41. The fourth-order valence-electron chi connectivity index (χ4n) is 4.40. The number of ketones is 1. The largest absolute Gasteiger partial charge is 0.507 e. The van der Waals surface area contributed by atoms with Crippen molar-refractivity contribution in [3.8, 4) is 5.75 Å². The fourth-order valence-corrected chi connectivity index (χ4v) is 4.82. The zero-order chi connectivity index (χ0) is 22.8. The van der Waals surface area contributed by atoms with E-state index in [9.17, 15) is 19.1 Å². The standard InChI is InChI=1S/C24H24BrFN2O4/c1-32-19-8-7-17(26)14-18(19)22(29)20-21(15-5-4-6-16(25)13-15)28(24(31)23(20)30)12-11-27-9-2-3-10-27/h4-8,13-14,21,29H,2-3,9-12H2,1H3/b22-20+. The Morgan fingerprint density at radius 3 is 2.59 bits per heavy atom. The van der Waals surface area contributed by atoms with Crippen LogP contribution >= 0.6 is 15.9 Å². The van der Waals surface area contributed by atoms with Crippen LogP contribution in [0.25, 0.3) is 5.76 Å². The number of nitrogens with zero attached hydrogens (tertiary/aromatic N) is 2. The molecule has 1 unspecified atom stereocenters. The van der Waals surface area contributed by atoms with Gasteiger partial charge in [0.1, 0.15) is 17.3 Å². The summed E-state index contributed by atoms with van der Waals surface area (Å²) in [5.74, 6) is -2.30. The lowest BCUT2D eigenvalue weighted by atomic mass is 9.95. The minimum Gasteiger partial charge on any atom is -0.507 e. The van der Waals surface area contributed by atoms with Gasteiger partial charge in [-0.05, 0) is 61.8 Å². The Morgan fingerprint density at radius 1 is 1.16 bits per heavy atom. The minimum atomic E-state index is -0.791. The van der Waals surface area contributed by atoms with Crippen LogP contribution in [0.1, 0.15) is 30.0 Å². The van der Waals surface area contributed by atoms with Crippen LogP contribution in [0.5, 0.6) is 5.75 Å². The fraction of sp³-hybridized carbons (Fsp3) is 0.333. The predicted octanol–water partition coefficient (Wildman–Crippen LogP) is 4.11. The molecular weight excluding hydrogens is 479 g/mol. The number of likely N-dealkylation sites (tertiary alicyclic amines) is 2. The van der Waals surface area contributed by atoms with Gasteiger partial charge in [-0.1, -0.05) is 28.1 Å². The highest BCUT2D eigenvalue weighted by atomic mass is 79.9. The van der Waals surface area contributed by atoms with E-state index in [1.54, 1.807) is 6.07 Å². The normalized spacial score (nSPS) is 20.8. The lowest BCUT2D eigenvalue weighted by Crippen LogP contribution is -2.37. The summed E-state index contributed by atoms with van der Waals surface area (Å²) in [6.45, 7) is 2.91. The second kappa shape index (κ2) is 9.42. The highest BCUT2D eigenvalue weighted by Gasteiger charge is 2.46. The summed E-state index contributed by atoms with van der Waals surface area (Å²) in [4.78, 5) is 29.9. The van der Waals surface area contributed by atoms with Crippen LogP contribution in [0.2, 0.25) is 0 Å². The van der Waals surface area contributed by atoms with E-state index < -0.39 is 29.3 Å². The van der Waals surface area contributed by atoms with Crippen molar-refractivity contribution in [2.75, 3.05) is 33.3 Å². The van der Waals surface area contributed by atoms with Crippen molar-refractivity contribution in [2.24, 2.45) is 0 Å². The summed E-state index contributed by atoms with van der Waals surface area (Å²) in [5, 5.41) is 11.2. The molecule has 2 aromatic carbocycles. The van der Waals surface area contributed by atoms with E-state index in [1.807, 2.05) is 18.2 Å². The van der Waals surface area contributed by atoms with Gasteiger partial charge < -0.3 is 19.6 Å². The molecule has 2 aromatic rings. The molecule has 1 N–H and O–H groups in total. The average Bonchev–Trinajstić information content (AvgIpc) is 3.39. The number of aliphatic hydroxyl groups is 1. The minimum absolute atomic E-state index is 0.0324. The second-order valence-electron chi connectivity index (χ2n) is 7.94. The number of ether oxygens (including phenoxy) is 1. The molecule has 2 fully saturated rings. The topological polar surface area (TPSA) is 70.1 Å². The number of benzene rings is 2. The molecule has 0 bridgehead atoms. The Labute approximate surface area is 194 Å². The molecule has 0 aliphatic carbocycles. The first kappa shape index (κ1) is 22.5. The number of halogens is 2. The maximum absolute atomic E-state index is 14.0. The molecule has 32 heavy (non-hydrogen) atoms. The lowest BCUT2D eigenvalue weighted by Gasteiger charge is -2.27. The monoisotopic (exact) mass is 502 g/mol. The Kier molecular flexibility index (Phi) is 6.62. The summed E-state index contributed by atoms with van der Waals surface area (Å²) in [6.07, 6.45) is 2.24. The third kappa shape index (κ3) is 4.29. The molecule has 0 saturated carbocycles. The maximum Gasteiger partial charge on any atom is 0.295 e. The van der Waals surface area contributed by atoms with Gasteiger partial charge in [-0.3, -0.25) is 9.59 Å². The number of hydrogen-bond donors (Lipinski definition) is 1. The molecule has 2 aliphatic heterocycles. The van der Waals surface area contributed by atoms with Crippen LogP contribution < -0.4 is 4.74 Å². The van der Waals surface area contributed by atoms with Crippen molar-refractivity contribution < 1.29 is 23.8 Å². The van der Waals surface area contributed by atoms with Crippen LogP contribution in [0, 0.1) is 5.82 Å². The van der Waals surface area contributed by atoms with E-state index in [0.717, 1.165) is 36.5 Å². The number of carbonyl (C=O) groups excluding carboxylic acids is 2. The summed E-state index contributed by atoms with van der Waals surface area (Å²) < 4.78 is 20.0. The van der Waals surface area contributed by atoms with E-state index in [1.165, 1.54) is 24.1 Å². The number of methoxy groups -OCH3 is 1. The lowest BCUT2D eigenvalue weighted by molar-refractivity contribution is -0.140. The van der Waals surface area contributed by atoms with Gasteiger partial charge >= 0.3 is 0 Å². The van der Waals surface area contributed by atoms with Gasteiger partial charge in [-0.15, -0.1) is 0 Å². The first-order valence-electron chi connectivity index (χ1n) is 10.5. The average molecular weight is 503 g/mol. The zero-order valence-electron chi connectivity index (χ0n) is 17.7. The van der Waals surface area contributed by atoms with Gasteiger partial charge in [-0.25, -0.2) is 4.39 Å². The van der Waals surface area contributed by atoms with Crippen molar-refractivity contribution in [2.45, 2.75) is 18.9 Å². The van der Waals surface area contributed by atoms with Gasteiger partial charge in [0.15, 0.2) is 0 Å². The van der Waals surface area contributed by atoms with Crippen molar-refractivity contribution in [1.82, 2.24) is 9.80 Å². The molecule has 8 heteroatoms. The summed E-state index contributed by atoms with van der Waals surface area (Å²) in [5.41, 5.74) is 0.639. The molecule has 2 aliphatic rings. The number of rotatable bonds is 6. The molecule has 6 nitrogen and oxygen atoms in total. The molecule has 168 valence electrons. The van der Waals surface area contributed by atoms with Gasteiger partial charge in [0.05, 0.1) is 24.3 Å². The number of amides is 1. The Morgan fingerprint density at radius 2 is 1.91 bits per heavy atom. The maximum atomic E-state index is 14.0. The predicted molar refractivity (Wildman–Crippen MR) is 122 cm³/mol. The molecular formula is C24H24BrFN2O4. The molecule has 0 radical (unpaired) electrons. The molecule has 2 saturated heterocycles. The third-order valence-corrected chi connectivity index (χ3v) is 6.47. The summed E-state index contributed by atoms with van der Waals surface area (Å²) in [7, 11) is 1.39. The van der Waals surface area contributed by atoms with Crippen LogP contribution in [0.4, 0.5) is 4.39 Å². The second-order valence-corrected chi connectivity index (χ2v) is 8.86. The van der Waals surface area contributed by atoms with Gasteiger partial charge in [0, 0.05) is 17.6 Å². The summed E-state index contributed by atoms with van der Waals surface area (Å²) in [6, 6.07) is 10.2.